The van der Waals surface area contributed by atoms with Gasteiger partial charge < -0.3 is 15.5 Å². The standard InChI is InChI=1S/C11H16ClNO2/c1-7(6-14)13-8(2)10-5-9(12)3-4-11(10)15/h3-5,7-8,13-15H,6H2,1-2H3/t7-,8?/m0/s1. The van der Waals surface area contributed by atoms with E-state index >= 15 is 0 Å². The second-order valence-corrected chi connectivity index (χ2v) is 4.11. The van der Waals surface area contributed by atoms with E-state index in [0.29, 0.717) is 5.02 Å². The fourth-order valence-electron chi connectivity index (χ4n) is 1.44. The zero-order valence-corrected chi connectivity index (χ0v) is 9.62. The molecule has 3 N–H and O–H groups in total. The van der Waals surface area contributed by atoms with Gasteiger partial charge in [0.2, 0.25) is 0 Å². The summed E-state index contributed by atoms with van der Waals surface area (Å²) in [4.78, 5) is 0. The van der Waals surface area contributed by atoms with Gasteiger partial charge in [0.15, 0.2) is 0 Å². The largest absolute Gasteiger partial charge is 0.508 e. The van der Waals surface area contributed by atoms with Crippen molar-refractivity contribution < 1.29 is 10.2 Å². The zero-order valence-electron chi connectivity index (χ0n) is 8.87. The van der Waals surface area contributed by atoms with Gasteiger partial charge in [0.05, 0.1) is 6.61 Å². The van der Waals surface area contributed by atoms with Crippen molar-refractivity contribution in [3.05, 3.63) is 28.8 Å². The van der Waals surface area contributed by atoms with Crippen LogP contribution in [0.4, 0.5) is 0 Å². The summed E-state index contributed by atoms with van der Waals surface area (Å²) in [5.41, 5.74) is 0.739. The second-order valence-electron chi connectivity index (χ2n) is 3.68. The summed E-state index contributed by atoms with van der Waals surface area (Å²) in [5, 5.41) is 22.3. The molecule has 0 saturated heterocycles. The van der Waals surface area contributed by atoms with Crippen molar-refractivity contribution in [2.24, 2.45) is 0 Å². The topological polar surface area (TPSA) is 52.5 Å². The van der Waals surface area contributed by atoms with Crippen LogP contribution in [0.5, 0.6) is 5.75 Å². The van der Waals surface area contributed by atoms with Crippen LogP contribution in [0.2, 0.25) is 5.02 Å². The average Bonchev–Trinajstić information content (AvgIpc) is 2.21. The monoisotopic (exact) mass is 229 g/mol. The molecule has 0 aliphatic carbocycles. The number of nitrogens with one attached hydrogen (secondary N) is 1. The van der Waals surface area contributed by atoms with Crippen LogP contribution in [0.1, 0.15) is 25.5 Å². The molecule has 1 aromatic carbocycles. The molecule has 0 aliphatic heterocycles. The van der Waals surface area contributed by atoms with Gasteiger partial charge in [0, 0.05) is 22.7 Å². The fourth-order valence-corrected chi connectivity index (χ4v) is 1.62. The normalized spacial score (nSPS) is 14.9. The number of aromatic hydroxyl groups is 1. The third-order valence-electron chi connectivity index (χ3n) is 2.26. The summed E-state index contributed by atoms with van der Waals surface area (Å²) in [5.74, 6) is 0.213. The molecule has 0 radical (unpaired) electrons. The SMILES string of the molecule is CC(N[C@@H](C)CO)c1cc(Cl)ccc1O. The summed E-state index contributed by atoms with van der Waals surface area (Å²) >= 11 is 5.84. The molecule has 0 bridgehead atoms. The van der Waals surface area contributed by atoms with Crippen LogP contribution >= 0.6 is 11.6 Å². The van der Waals surface area contributed by atoms with Gasteiger partial charge >= 0.3 is 0 Å². The zero-order chi connectivity index (χ0) is 11.4. The Morgan fingerprint density at radius 3 is 2.67 bits per heavy atom. The molecular formula is C11H16ClNO2. The first kappa shape index (κ1) is 12.3. The van der Waals surface area contributed by atoms with Gasteiger partial charge in [-0.2, -0.15) is 0 Å². The number of hydrogen-bond acceptors (Lipinski definition) is 3. The Bertz CT molecular complexity index is 330. The lowest BCUT2D eigenvalue weighted by Crippen LogP contribution is -2.31. The van der Waals surface area contributed by atoms with Crippen molar-refractivity contribution in [1.82, 2.24) is 5.32 Å². The molecule has 15 heavy (non-hydrogen) atoms. The molecule has 4 heteroatoms. The lowest BCUT2D eigenvalue weighted by atomic mass is 10.1. The maximum absolute atomic E-state index is 9.63. The fraction of sp³-hybridized carbons (Fsp3) is 0.455. The summed E-state index contributed by atoms with van der Waals surface area (Å²) in [6.07, 6.45) is 0. The third kappa shape index (κ3) is 3.38. The van der Waals surface area contributed by atoms with Gasteiger partial charge in [-0.3, -0.25) is 0 Å². The van der Waals surface area contributed by atoms with Crippen molar-refractivity contribution in [3.63, 3.8) is 0 Å². The van der Waals surface area contributed by atoms with Crippen LogP contribution in [0.15, 0.2) is 18.2 Å². The molecule has 0 aliphatic rings. The first-order valence-electron chi connectivity index (χ1n) is 4.90. The van der Waals surface area contributed by atoms with Gasteiger partial charge in [0.25, 0.3) is 0 Å². The Kier molecular flexibility index (Phi) is 4.39. The van der Waals surface area contributed by atoms with Gasteiger partial charge in [-0.25, -0.2) is 0 Å². The van der Waals surface area contributed by atoms with Gasteiger partial charge in [0.1, 0.15) is 5.75 Å². The molecule has 1 rings (SSSR count). The molecule has 1 aromatic rings. The van der Waals surface area contributed by atoms with Crippen LogP contribution in [0, 0.1) is 0 Å². The number of aliphatic hydroxyl groups excluding tert-OH is 1. The summed E-state index contributed by atoms with van der Waals surface area (Å²) in [7, 11) is 0. The van der Waals surface area contributed by atoms with Crippen molar-refractivity contribution >= 4 is 11.6 Å². The molecule has 0 spiro atoms. The Morgan fingerprint density at radius 2 is 2.07 bits per heavy atom. The smallest absolute Gasteiger partial charge is 0.120 e. The number of rotatable bonds is 4. The molecule has 0 fully saturated rings. The molecule has 84 valence electrons. The molecule has 1 unspecified atom stereocenters. The Labute approximate surface area is 94.7 Å². The van der Waals surface area contributed by atoms with Crippen LogP contribution in [-0.2, 0) is 0 Å². The summed E-state index contributed by atoms with van der Waals surface area (Å²) in [6.45, 7) is 3.85. The first-order valence-corrected chi connectivity index (χ1v) is 5.27. The Hall–Kier alpha value is -0.770. The molecule has 3 nitrogen and oxygen atoms in total. The van der Waals surface area contributed by atoms with Gasteiger partial charge in [-0.05, 0) is 32.0 Å². The number of aliphatic hydroxyl groups is 1. The highest BCUT2D eigenvalue weighted by atomic mass is 35.5. The van der Waals surface area contributed by atoms with Crippen molar-refractivity contribution in [2.45, 2.75) is 25.9 Å². The van der Waals surface area contributed by atoms with Crippen LogP contribution in [0.25, 0.3) is 0 Å². The summed E-state index contributed by atoms with van der Waals surface area (Å²) < 4.78 is 0. The number of hydrogen-bond donors (Lipinski definition) is 3. The van der Waals surface area contributed by atoms with Crippen molar-refractivity contribution in [3.8, 4) is 5.75 Å². The molecule has 0 aromatic heterocycles. The minimum Gasteiger partial charge on any atom is -0.508 e. The Balaban J connectivity index is 2.80. The van der Waals surface area contributed by atoms with Crippen LogP contribution in [-0.4, -0.2) is 22.9 Å². The number of phenols is 1. The lowest BCUT2D eigenvalue weighted by Gasteiger charge is -2.19. The van der Waals surface area contributed by atoms with E-state index in [4.69, 9.17) is 16.7 Å². The van der Waals surface area contributed by atoms with Crippen LogP contribution < -0.4 is 5.32 Å². The first-order chi connectivity index (χ1) is 7.04. The Morgan fingerprint density at radius 1 is 1.40 bits per heavy atom. The quantitative estimate of drug-likeness (QED) is 0.741. The maximum atomic E-state index is 9.63. The highest BCUT2D eigenvalue weighted by molar-refractivity contribution is 6.30. The predicted octanol–water partition coefficient (Wildman–Crippen LogP) is 2.08. The van der Waals surface area contributed by atoms with E-state index in [0.717, 1.165) is 5.56 Å². The minimum absolute atomic E-state index is 0.0154. The highest BCUT2D eigenvalue weighted by Crippen LogP contribution is 2.27. The van der Waals surface area contributed by atoms with Crippen molar-refractivity contribution in [1.29, 1.82) is 0 Å². The average molecular weight is 230 g/mol. The van der Waals surface area contributed by atoms with Gasteiger partial charge in [-0.1, -0.05) is 11.6 Å². The summed E-state index contributed by atoms with van der Waals surface area (Å²) in [6, 6.07) is 4.87. The van der Waals surface area contributed by atoms with E-state index in [1.54, 1.807) is 18.2 Å². The minimum atomic E-state index is -0.0501. The van der Waals surface area contributed by atoms with Crippen molar-refractivity contribution in [2.75, 3.05) is 6.61 Å². The molecule has 0 amide bonds. The van der Waals surface area contributed by atoms with E-state index in [2.05, 4.69) is 5.32 Å². The molecule has 0 heterocycles. The lowest BCUT2D eigenvalue weighted by molar-refractivity contribution is 0.242. The molecule has 2 atom stereocenters. The predicted molar refractivity (Wildman–Crippen MR) is 61.2 cm³/mol. The van der Waals surface area contributed by atoms with E-state index in [1.807, 2.05) is 13.8 Å². The number of benzene rings is 1. The van der Waals surface area contributed by atoms with E-state index in [-0.39, 0.29) is 24.4 Å². The second kappa shape index (κ2) is 5.35. The third-order valence-corrected chi connectivity index (χ3v) is 2.50. The number of phenolic OH excluding ortho intramolecular Hbond substituents is 1. The van der Waals surface area contributed by atoms with E-state index in [1.165, 1.54) is 0 Å². The van der Waals surface area contributed by atoms with E-state index < -0.39 is 0 Å². The van der Waals surface area contributed by atoms with E-state index in [9.17, 15) is 5.11 Å². The number of halogens is 1. The highest BCUT2D eigenvalue weighted by Gasteiger charge is 2.12. The molecular weight excluding hydrogens is 214 g/mol. The van der Waals surface area contributed by atoms with Gasteiger partial charge in [-0.15, -0.1) is 0 Å². The molecule has 0 saturated carbocycles. The maximum Gasteiger partial charge on any atom is 0.120 e. The van der Waals surface area contributed by atoms with Crippen LogP contribution in [0.3, 0.4) is 0 Å².